The number of hydrogen-bond acceptors (Lipinski definition) is 4. The molecule has 0 fully saturated rings. The quantitative estimate of drug-likeness (QED) is 0.884. The fourth-order valence-electron chi connectivity index (χ4n) is 1.94. The highest BCUT2D eigenvalue weighted by Crippen LogP contribution is 2.20. The van der Waals surface area contributed by atoms with E-state index in [1.807, 2.05) is 12.1 Å². The van der Waals surface area contributed by atoms with Gasteiger partial charge in [0.05, 0.1) is 11.5 Å². The van der Waals surface area contributed by atoms with Gasteiger partial charge in [-0.15, -0.1) is 0 Å². The Morgan fingerprint density at radius 1 is 1.09 bits per heavy atom. The Morgan fingerprint density at radius 3 is 2.50 bits per heavy atom. The summed E-state index contributed by atoms with van der Waals surface area (Å²) in [6, 6.07) is 13.8. The van der Waals surface area contributed by atoms with Gasteiger partial charge in [0.25, 0.3) is 0 Å². The smallest absolute Gasteiger partial charge is 0.242 e. The number of sulfonamides is 1. The van der Waals surface area contributed by atoms with E-state index in [0.717, 1.165) is 5.56 Å². The van der Waals surface area contributed by atoms with Gasteiger partial charge in [-0.05, 0) is 23.8 Å². The molecular weight excluding hydrogens is 302 g/mol. The first-order chi connectivity index (χ1) is 10.4. The number of nitrogens with zero attached hydrogens (tertiary/aromatic N) is 1. The zero-order valence-electron chi connectivity index (χ0n) is 12.6. The third-order valence-electron chi connectivity index (χ3n) is 3.21. The number of para-hydroxylation sites is 1. The zero-order chi connectivity index (χ0) is 16.2. The van der Waals surface area contributed by atoms with Crippen LogP contribution in [0.15, 0.2) is 53.4 Å². The molecule has 5 nitrogen and oxygen atoms in total. The molecule has 6 heteroatoms. The Kier molecular flexibility index (Phi) is 5.18. The van der Waals surface area contributed by atoms with Gasteiger partial charge < -0.3 is 9.84 Å². The van der Waals surface area contributed by atoms with Crippen LogP contribution in [0.25, 0.3) is 0 Å². The van der Waals surface area contributed by atoms with Crippen LogP contribution < -0.4 is 4.74 Å². The normalized spacial score (nSPS) is 11.6. The minimum atomic E-state index is -3.46. The second-order valence-electron chi connectivity index (χ2n) is 4.99. The first kappa shape index (κ1) is 16.5. The molecule has 2 aromatic rings. The maximum Gasteiger partial charge on any atom is 0.242 e. The predicted octanol–water partition coefficient (Wildman–Crippen LogP) is 2.01. The summed E-state index contributed by atoms with van der Waals surface area (Å²) in [5, 5.41) is 9.26. The lowest BCUT2D eigenvalue weighted by Crippen LogP contribution is -2.22. The largest absolute Gasteiger partial charge is 0.489 e. The molecule has 0 aliphatic heterocycles. The fourth-order valence-corrected chi connectivity index (χ4v) is 2.92. The molecule has 0 spiro atoms. The molecule has 1 N–H and O–H groups in total. The van der Waals surface area contributed by atoms with E-state index in [-0.39, 0.29) is 18.1 Å². The molecule has 0 unspecified atom stereocenters. The van der Waals surface area contributed by atoms with Crippen LogP contribution in [0.1, 0.15) is 11.1 Å². The van der Waals surface area contributed by atoms with E-state index in [1.165, 1.54) is 18.4 Å². The van der Waals surface area contributed by atoms with Gasteiger partial charge in [0.1, 0.15) is 12.4 Å². The van der Waals surface area contributed by atoms with Gasteiger partial charge in [-0.2, -0.15) is 0 Å². The van der Waals surface area contributed by atoms with E-state index in [0.29, 0.717) is 11.3 Å². The van der Waals surface area contributed by atoms with E-state index in [9.17, 15) is 13.5 Å². The molecule has 0 heterocycles. The predicted molar refractivity (Wildman–Crippen MR) is 84.0 cm³/mol. The van der Waals surface area contributed by atoms with Crippen LogP contribution in [0.5, 0.6) is 5.75 Å². The van der Waals surface area contributed by atoms with E-state index in [4.69, 9.17) is 4.74 Å². The lowest BCUT2D eigenvalue weighted by Gasteiger charge is -2.13. The van der Waals surface area contributed by atoms with Crippen molar-refractivity contribution in [3.05, 3.63) is 59.7 Å². The Morgan fingerprint density at radius 2 is 1.82 bits per heavy atom. The van der Waals surface area contributed by atoms with E-state index < -0.39 is 10.0 Å². The zero-order valence-corrected chi connectivity index (χ0v) is 13.4. The number of rotatable bonds is 6. The van der Waals surface area contributed by atoms with E-state index in [2.05, 4.69) is 0 Å². The van der Waals surface area contributed by atoms with Crippen molar-refractivity contribution in [2.75, 3.05) is 14.1 Å². The Balaban J connectivity index is 2.18. The highest BCUT2D eigenvalue weighted by Gasteiger charge is 2.17. The summed E-state index contributed by atoms with van der Waals surface area (Å²) in [4.78, 5) is 0.231. The van der Waals surface area contributed by atoms with Gasteiger partial charge in [-0.25, -0.2) is 12.7 Å². The van der Waals surface area contributed by atoms with Crippen LogP contribution in [0.4, 0.5) is 0 Å². The second kappa shape index (κ2) is 6.91. The van der Waals surface area contributed by atoms with E-state index >= 15 is 0 Å². The minimum absolute atomic E-state index is 0.106. The maximum absolute atomic E-state index is 12.1. The molecule has 0 aromatic heterocycles. The fraction of sp³-hybridized carbons (Fsp3) is 0.250. The summed E-state index contributed by atoms with van der Waals surface area (Å²) in [7, 11) is -0.465. The Hall–Kier alpha value is -1.89. The van der Waals surface area contributed by atoms with Crippen LogP contribution in [-0.2, 0) is 23.2 Å². The molecule has 22 heavy (non-hydrogen) atoms. The monoisotopic (exact) mass is 321 g/mol. The summed E-state index contributed by atoms with van der Waals surface area (Å²) in [5.41, 5.74) is 1.44. The van der Waals surface area contributed by atoms with Crippen molar-refractivity contribution in [1.82, 2.24) is 4.31 Å². The van der Waals surface area contributed by atoms with Gasteiger partial charge in [-0.1, -0.05) is 30.3 Å². The van der Waals surface area contributed by atoms with Gasteiger partial charge in [0, 0.05) is 19.7 Å². The summed E-state index contributed by atoms with van der Waals surface area (Å²) in [5.74, 6) is 0.589. The van der Waals surface area contributed by atoms with Crippen LogP contribution in [0.3, 0.4) is 0 Å². The molecule has 2 rings (SSSR count). The van der Waals surface area contributed by atoms with E-state index in [1.54, 1.807) is 36.4 Å². The summed E-state index contributed by atoms with van der Waals surface area (Å²) in [6.45, 7) is 0.124. The minimum Gasteiger partial charge on any atom is -0.489 e. The molecule has 0 amide bonds. The van der Waals surface area contributed by atoms with Gasteiger partial charge in [0.2, 0.25) is 10.0 Å². The van der Waals surface area contributed by atoms with Gasteiger partial charge in [-0.3, -0.25) is 0 Å². The molecule has 2 aromatic carbocycles. The lowest BCUT2D eigenvalue weighted by molar-refractivity contribution is 0.259. The van der Waals surface area contributed by atoms with Gasteiger partial charge in [0.15, 0.2) is 0 Å². The average Bonchev–Trinajstić information content (AvgIpc) is 2.53. The highest BCUT2D eigenvalue weighted by molar-refractivity contribution is 7.89. The first-order valence-electron chi connectivity index (χ1n) is 6.78. The lowest BCUT2D eigenvalue weighted by atomic mass is 10.2. The number of aliphatic hydroxyl groups is 1. The van der Waals surface area contributed by atoms with Crippen molar-refractivity contribution in [3.8, 4) is 5.75 Å². The third kappa shape index (κ3) is 3.65. The van der Waals surface area contributed by atoms with Crippen molar-refractivity contribution in [2.45, 2.75) is 18.1 Å². The second-order valence-corrected chi connectivity index (χ2v) is 7.14. The maximum atomic E-state index is 12.1. The highest BCUT2D eigenvalue weighted by atomic mass is 32.2. The SMILES string of the molecule is CN(C)S(=O)(=O)c1cccc(COc2ccccc2CO)c1. The molecule has 0 radical (unpaired) electrons. The third-order valence-corrected chi connectivity index (χ3v) is 5.03. The molecule has 0 saturated carbocycles. The molecular formula is C16H19NO4S. The van der Waals surface area contributed by atoms with Crippen molar-refractivity contribution in [2.24, 2.45) is 0 Å². The number of aliphatic hydroxyl groups excluding tert-OH is 1. The molecule has 0 aliphatic rings. The van der Waals surface area contributed by atoms with Crippen LogP contribution in [-0.4, -0.2) is 31.9 Å². The van der Waals surface area contributed by atoms with Crippen LogP contribution in [0, 0.1) is 0 Å². The standard InChI is InChI=1S/C16H19NO4S/c1-17(2)22(19,20)15-8-5-6-13(10-15)12-21-16-9-4-3-7-14(16)11-18/h3-10,18H,11-12H2,1-2H3. The van der Waals surface area contributed by atoms with Crippen LogP contribution >= 0.6 is 0 Å². The molecule has 0 saturated heterocycles. The van der Waals surface area contributed by atoms with Crippen molar-refractivity contribution < 1.29 is 18.3 Å². The van der Waals surface area contributed by atoms with Crippen molar-refractivity contribution in [1.29, 1.82) is 0 Å². The van der Waals surface area contributed by atoms with Crippen molar-refractivity contribution in [3.63, 3.8) is 0 Å². The summed E-state index contributed by atoms with van der Waals surface area (Å²) < 4.78 is 31.1. The molecule has 0 atom stereocenters. The molecule has 0 aliphatic carbocycles. The molecule has 0 bridgehead atoms. The van der Waals surface area contributed by atoms with Crippen molar-refractivity contribution >= 4 is 10.0 Å². The van der Waals surface area contributed by atoms with Crippen LogP contribution in [0.2, 0.25) is 0 Å². The summed E-state index contributed by atoms with van der Waals surface area (Å²) >= 11 is 0. The number of hydrogen-bond donors (Lipinski definition) is 1. The van der Waals surface area contributed by atoms with Gasteiger partial charge >= 0.3 is 0 Å². The molecule has 118 valence electrons. The number of ether oxygens (including phenoxy) is 1. The Bertz CT molecular complexity index is 741. The summed E-state index contributed by atoms with van der Waals surface area (Å²) in [6.07, 6.45) is 0. The first-order valence-corrected chi connectivity index (χ1v) is 8.22. The number of benzene rings is 2. The Labute approximate surface area is 130 Å². The average molecular weight is 321 g/mol. The topological polar surface area (TPSA) is 66.8 Å².